The lowest BCUT2D eigenvalue weighted by molar-refractivity contribution is 0.00406. The second kappa shape index (κ2) is 6.12. The van der Waals surface area contributed by atoms with Crippen LogP contribution in [0.2, 0.25) is 0 Å². The zero-order valence-electron chi connectivity index (χ0n) is 11.0. The van der Waals surface area contributed by atoms with Crippen LogP contribution in [0, 0.1) is 0 Å². The predicted octanol–water partition coefficient (Wildman–Crippen LogP) is 1.58. The van der Waals surface area contributed by atoms with Gasteiger partial charge in [0.25, 0.3) is 0 Å². The summed E-state index contributed by atoms with van der Waals surface area (Å²) in [5, 5.41) is 3.33. The number of rotatable bonds is 3. The molecule has 2 aliphatic heterocycles. The van der Waals surface area contributed by atoms with Crippen LogP contribution < -0.4 is 5.32 Å². The number of nitrogens with zero attached hydrogens (tertiary/aromatic N) is 1. The van der Waals surface area contributed by atoms with Gasteiger partial charge in [0, 0.05) is 44.4 Å². The van der Waals surface area contributed by atoms with Gasteiger partial charge in [-0.15, -0.1) is 0 Å². The number of likely N-dealkylation sites (tertiary alicyclic amines) is 1. The SMILES string of the molecule is CC(C)NC1CCN(C2CCOCC2)C[C@@H]1F. The lowest BCUT2D eigenvalue weighted by Crippen LogP contribution is -2.55. The molecule has 2 aliphatic rings. The minimum Gasteiger partial charge on any atom is -0.381 e. The van der Waals surface area contributed by atoms with Gasteiger partial charge in [0.05, 0.1) is 0 Å². The molecule has 2 atom stereocenters. The highest BCUT2D eigenvalue weighted by molar-refractivity contribution is 4.89. The maximum atomic E-state index is 14.1. The first-order chi connectivity index (χ1) is 8.16. The molecular weight excluding hydrogens is 219 g/mol. The van der Waals surface area contributed by atoms with Gasteiger partial charge in [0.2, 0.25) is 0 Å². The molecule has 1 unspecified atom stereocenters. The summed E-state index contributed by atoms with van der Waals surface area (Å²) in [6, 6.07) is 0.959. The highest BCUT2D eigenvalue weighted by atomic mass is 19.1. The van der Waals surface area contributed by atoms with Crippen molar-refractivity contribution in [1.82, 2.24) is 10.2 Å². The number of hydrogen-bond donors (Lipinski definition) is 1. The number of nitrogens with one attached hydrogen (secondary N) is 1. The van der Waals surface area contributed by atoms with E-state index < -0.39 is 6.17 Å². The Morgan fingerprint density at radius 3 is 2.53 bits per heavy atom. The Morgan fingerprint density at radius 2 is 1.94 bits per heavy atom. The van der Waals surface area contributed by atoms with E-state index in [0.717, 1.165) is 39.0 Å². The van der Waals surface area contributed by atoms with E-state index in [4.69, 9.17) is 4.74 Å². The summed E-state index contributed by atoms with van der Waals surface area (Å²) in [5.74, 6) is 0. The van der Waals surface area contributed by atoms with Gasteiger partial charge in [0.15, 0.2) is 0 Å². The Labute approximate surface area is 104 Å². The summed E-state index contributed by atoms with van der Waals surface area (Å²) in [4.78, 5) is 2.33. The fraction of sp³-hybridized carbons (Fsp3) is 1.00. The molecule has 0 spiro atoms. The van der Waals surface area contributed by atoms with Crippen molar-refractivity contribution in [2.75, 3.05) is 26.3 Å². The van der Waals surface area contributed by atoms with Crippen LogP contribution in [-0.2, 0) is 4.74 Å². The van der Waals surface area contributed by atoms with Gasteiger partial charge in [-0.1, -0.05) is 13.8 Å². The fourth-order valence-electron chi connectivity index (χ4n) is 2.93. The fourth-order valence-corrected chi connectivity index (χ4v) is 2.93. The summed E-state index contributed by atoms with van der Waals surface area (Å²) in [5.41, 5.74) is 0. The molecule has 0 radical (unpaired) electrons. The van der Waals surface area contributed by atoms with Crippen LogP contribution in [0.25, 0.3) is 0 Å². The minimum absolute atomic E-state index is 0.0473. The van der Waals surface area contributed by atoms with Crippen molar-refractivity contribution < 1.29 is 9.13 Å². The standard InChI is InChI=1S/C13H25FN2O/c1-10(2)15-13-3-6-16(9-12(13)14)11-4-7-17-8-5-11/h10-13,15H,3-9H2,1-2H3/t12-,13?/m0/s1. The van der Waals surface area contributed by atoms with E-state index in [1.165, 1.54) is 0 Å². The first kappa shape index (κ1) is 13.2. The largest absolute Gasteiger partial charge is 0.381 e. The van der Waals surface area contributed by atoms with Crippen LogP contribution in [0.3, 0.4) is 0 Å². The average molecular weight is 244 g/mol. The molecule has 2 rings (SSSR count). The molecule has 0 aliphatic carbocycles. The molecule has 100 valence electrons. The third-order valence-corrected chi connectivity index (χ3v) is 3.83. The van der Waals surface area contributed by atoms with E-state index >= 15 is 0 Å². The minimum atomic E-state index is -0.728. The molecule has 0 bridgehead atoms. The van der Waals surface area contributed by atoms with Crippen LogP contribution in [-0.4, -0.2) is 55.5 Å². The van der Waals surface area contributed by atoms with E-state index in [-0.39, 0.29) is 6.04 Å². The summed E-state index contributed by atoms with van der Waals surface area (Å²) in [7, 11) is 0. The van der Waals surface area contributed by atoms with Gasteiger partial charge in [-0.25, -0.2) is 4.39 Å². The van der Waals surface area contributed by atoms with Gasteiger partial charge in [-0.2, -0.15) is 0 Å². The molecule has 0 aromatic heterocycles. The second-order valence-electron chi connectivity index (χ2n) is 5.57. The van der Waals surface area contributed by atoms with Crippen molar-refractivity contribution in [3.63, 3.8) is 0 Å². The van der Waals surface area contributed by atoms with Crippen LogP contribution in [0.5, 0.6) is 0 Å². The molecule has 2 heterocycles. The Hall–Kier alpha value is -0.190. The van der Waals surface area contributed by atoms with Crippen molar-refractivity contribution in [1.29, 1.82) is 0 Å². The van der Waals surface area contributed by atoms with Gasteiger partial charge < -0.3 is 10.1 Å². The zero-order chi connectivity index (χ0) is 12.3. The average Bonchev–Trinajstić information content (AvgIpc) is 2.32. The molecule has 0 saturated carbocycles. The van der Waals surface area contributed by atoms with E-state index in [2.05, 4.69) is 24.1 Å². The molecule has 2 saturated heterocycles. The summed E-state index contributed by atoms with van der Waals surface area (Å²) >= 11 is 0. The number of alkyl halides is 1. The molecule has 3 nitrogen and oxygen atoms in total. The van der Waals surface area contributed by atoms with Gasteiger partial charge in [0.1, 0.15) is 6.17 Å². The molecule has 4 heteroatoms. The van der Waals surface area contributed by atoms with Crippen molar-refractivity contribution in [2.24, 2.45) is 0 Å². The summed E-state index contributed by atoms with van der Waals surface area (Å²) in [6.45, 7) is 7.46. The molecule has 2 fully saturated rings. The van der Waals surface area contributed by atoms with Crippen molar-refractivity contribution in [2.45, 2.75) is 57.4 Å². The van der Waals surface area contributed by atoms with Crippen LogP contribution in [0.1, 0.15) is 33.1 Å². The highest BCUT2D eigenvalue weighted by Gasteiger charge is 2.33. The first-order valence-electron chi connectivity index (χ1n) is 6.88. The van der Waals surface area contributed by atoms with Crippen molar-refractivity contribution in [3.05, 3.63) is 0 Å². The van der Waals surface area contributed by atoms with Gasteiger partial charge in [-0.3, -0.25) is 4.90 Å². The van der Waals surface area contributed by atoms with Crippen molar-refractivity contribution in [3.8, 4) is 0 Å². The number of hydrogen-bond acceptors (Lipinski definition) is 3. The molecule has 0 aromatic carbocycles. The smallest absolute Gasteiger partial charge is 0.128 e. The monoisotopic (exact) mass is 244 g/mol. The molecule has 0 amide bonds. The lowest BCUT2D eigenvalue weighted by Gasteiger charge is -2.41. The van der Waals surface area contributed by atoms with E-state index in [9.17, 15) is 4.39 Å². The molecule has 17 heavy (non-hydrogen) atoms. The second-order valence-corrected chi connectivity index (χ2v) is 5.57. The number of piperidine rings is 1. The molecule has 0 aromatic rings. The molecule has 1 N–H and O–H groups in total. The normalized spacial score (nSPS) is 33.2. The van der Waals surface area contributed by atoms with Crippen LogP contribution >= 0.6 is 0 Å². The van der Waals surface area contributed by atoms with E-state index in [1.807, 2.05) is 0 Å². The topological polar surface area (TPSA) is 24.5 Å². The van der Waals surface area contributed by atoms with E-state index in [1.54, 1.807) is 0 Å². The Bertz CT molecular complexity index is 231. The molecular formula is C13H25FN2O. The van der Waals surface area contributed by atoms with E-state index in [0.29, 0.717) is 18.6 Å². The number of halogens is 1. The first-order valence-corrected chi connectivity index (χ1v) is 6.88. The Balaban J connectivity index is 1.81. The summed E-state index contributed by atoms with van der Waals surface area (Å²) < 4.78 is 19.4. The van der Waals surface area contributed by atoms with Crippen LogP contribution in [0.4, 0.5) is 4.39 Å². The maximum Gasteiger partial charge on any atom is 0.128 e. The Morgan fingerprint density at radius 1 is 1.24 bits per heavy atom. The third kappa shape index (κ3) is 3.63. The van der Waals surface area contributed by atoms with Crippen LogP contribution in [0.15, 0.2) is 0 Å². The quantitative estimate of drug-likeness (QED) is 0.815. The third-order valence-electron chi connectivity index (χ3n) is 3.83. The Kier molecular flexibility index (Phi) is 4.77. The van der Waals surface area contributed by atoms with Gasteiger partial charge in [-0.05, 0) is 19.3 Å². The summed E-state index contributed by atoms with van der Waals surface area (Å²) in [6.07, 6.45) is 2.33. The maximum absolute atomic E-state index is 14.1. The predicted molar refractivity (Wildman–Crippen MR) is 67.0 cm³/mol. The lowest BCUT2D eigenvalue weighted by atomic mass is 9.98. The van der Waals surface area contributed by atoms with Gasteiger partial charge >= 0.3 is 0 Å². The van der Waals surface area contributed by atoms with Crippen molar-refractivity contribution >= 4 is 0 Å². The number of ether oxygens (including phenoxy) is 1. The zero-order valence-corrected chi connectivity index (χ0v) is 11.0. The highest BCUT2D eigenvalue weighted by Crippen LogP contribution is 2.21.